The van der Waals surface area contributed by atoms with Crippen LogP contribution in [0.15, 0.2) is 24.3 Å². The molecule has 0 heterocycles. The van der Waals surface area contributed by atoms with E-state index in [1.54, 1.807) is 0 Å². The lowest BCUT2D eigenvalue weighted by Gasteiger charge is -2.27. The molecule has 15 heavy (non-hydrogen) atoms. The standard InChI is InChI=1S/C12H18N2O/c1-4-12(3,11(13)15)14-10-7-5-6-9(2)8-10/h5-8,14H,4H2,1-3H3,(H2,13,15). The number of hydrogen-bond donors (Lipinski definition) is 2. The van der Waals surface area contributed by atoms with Crippen molar-refractivity contribution in [3.8, 4) is 0 Å². The number of nitrogens with one attached hydrogen (secondary N) is 1. The van der Waals surface area contributed by atoms with Crippen molar-refractivity contribution in [3.05, 3.63) is 29.8 Å². The number of rotatable bonds is 4. The van der Waals surface area contributed by atoms with Crippen LogP contribution in [0.3, 0.4) is 0 Å². The summed E-state index contributed by atoms with van der Waals surface area (Å²) in [5.74, 6) is -0.327. The fourth-order valence-corrected chi connectivity index (χ4v) is 1.37. The highest BCUT2D eigenvalue weighted by atomic mass is 16.1. The van der Waals surface area contributed by atoms with Gasteiger partial charge in [-0.15, -0.1) is 0 Å². The topological polar surface area (TPSA) is 55.1 Å². The Morgan fingerprint density at radius 3 is 2.67 bits per heavy atom. The first-order valence-corrected chi connectivity index (χ1v) is 5.12. The Morgan fingerprint density at radius 2 is 2.20 bits per heavy atom. The predicted molar refractivity (Wildman–Crippen MR) is 62.7 cm³/mol. The summed E-state index contributed by atoms with van der Waals surface area (Å²) >= 11 is 0. The number of hydrogen-bond acceptors (Lipinski definition) is 2. The van der Waals surface area contributed by atoms with Gasteiger partial charge in [0.2, 0.25) is 5.91 Å². The zero-order valence-corrected chi connectivity index (χ0v) is 9.50. The molecule has 0 saturated heterocycles. The molecule has 1 atom stereocenters. The number of benzene rings is 1. The van der Waals surface area contributed by atoms with Crippen molar-refractivity contribution >= 4 is 11.6 Å². The van der Waals surface area contributed by atoms with Gasteiger partial charge in [-0.2, -0.15) is 0 Å². The fraction of sp³-hybridized carbons (Fsp3) is 0.417. The third kappa shape index (κ3) is 2.72. The number of amides is 1. The van der Waals surface area contributed by atoms with Crippen LogP contribution in [0.1, 0.15) is 25.8 Å². The molecule has 1 amide bonds. The minimum absolute atomic E-state index is 0.327. The van der Waals surface area contributed by atoms with Gasteiger partial charge in [0, 0.05) is 5.69 Å². The number of carbonyl (C=O) groups is 1. The van der Waals surface area contributed by atoms with Crippen LogP contribution >= 0.6 is 0 Å². The molecule has 0 bridgehead atoms. The largest absolute Gasteiger partial charge is 0.371 e. The van der Waals surface area contributed by atoms with Crippen molar-refractivity contribution < 1.29 is 4.79 Å². The van der Waals surface area contributed by atoms with Crippen molar-refractivity contribution in [2.75, 3.05) is 5.32 Å². The van der Waals surface area contributed by atoms with E-state index in [1.807, 2.05) is 45.0 Å². The second kappa shape index (κ2) is 4.34. The Labute approximate surface area is 90.7 Å². The monoisotopic (exact) mass is 206 g/mol. The van der Waals surface area contributed by atoms with E-state index >= 15 is 0 Å². The minimum atomic E-state index is -0.673. The summed E-state index contributed by atoms with van der Waals surface area (Å²) < 4.78 is 0. The van der Waals surface area contributed by atoms with Gasteiger partial charge in [0.15, 0.2) is 0 Å². The molecule has 3 nitrogen and oxygen atoms in total. The van der Waals surface area contributed by atoms with E-state index in [2.05, 4.69) is 5.32 Å². The molecule has 3 N–H and O–H groups in total. The van der Waals surface area contributed by atoms with Crippen LogP contribution in [0.4, 0.5) is 5.69 Å². The van der Waals surface area contributed by atoms with Crippen LogP contribution in [0.25, 0.3) is 0 Å². The summed E-state index contributed by atoms with van der Waals surface area (Å²) in [7, 11) is 0. The van der Waals surface area contributed by atoms with Crippen molar-refractivity contribution in [2.24, 2.45) is 5.73 Å². The lowest BCUT2D eigenvalue weighted by atomic mass is 9.97. The van der Waals surface area contributed by atoms with E-state index < -0.39 is 5.54 Å². The molecule has 0 aliphatic rings. The van der Waals surface area contributed by atoms with Gasteiger partial charge in [0.05, 0.1) is 0 Å². The third-order valence-electron chi connectivity index (χ3n) is 2.69. The smallest absolute Gasteiger partial charge is 0.242 e. The van der Waals surface area contributed by atoms with E-state index in [0.29, 0.717) is 6.42 Å². The molecule has 0 aliphatic heterocycles. The molecule has 0 radical (unpaired) electrons. The van der Waals surface area contributed by atoms with Crippen LogP contribution in [0.2, 0.25) is 0 Å². The first-order chi connectivity index (χ1) is 6.98. The van der Waals surface area contributed by atoms with Gasteiger partial charge in [0.25, 0.3) is 0 Å². The lowest BCUT2D eigenvalue weighted by molar-refractivity contribution is -0.121. The number of primary amides is 1. The molecule has 1 unspecified atom stereocenters. The van der Waals surface area contributed by atoms with Crippen molar-refractivity contribution in [1.82, 2.24) is 0 Å². The first kappa shape index (κ1) is 11.6. The Kier molecular flexibility index (Phi) is 3.35. The molecule has 1 aromatic carbocycles. The Bertz CT molecular complexity index is 362. The average molecular weight is 206 g/mol. The van der Waals surface area contributed by atoms with Crippen LogP contribution in [0, 0.1) is 6.92 Å². The van der Waals surface area contributed by atoms with Crippen LogP contribution < -0.4 is 11.1 Å². The molecule has 3 heteroatoms. The summed E-state index contributed by atoms with van der Waals surface area (Å²) in [6.45, 7) is 5.77. The van der Waals surface area contributed by atoms with Gasteiger partial charge < -0.3 is 11.1 Å². The van der Waals surface area contributed by atoms with Crippen molar-refractivity contribution in [1.29, 1.82) is 0 Å². The van der Waals surface area contributed by atoms with E-state index in [0.717, 1.165) is 11.3 Å². The Balaban J connectivity index is 2.89. The van der Waals surface area contributed by atoms with E-state index in [9.17, 15) is 4.79 Å². The van der Waals surface area contributed by atoms with Crippen molar-refractivity contribution in [3.63, 3.8) is 0 Å². The van der Waals surface area contributed by atoms with Crippen LogP contribution in [-0.2, 0) is 4.79 Å². The Hall–Kier alpha value is -1.51. The Morgan fingerprint density at radius 1 is 1.53 bits per heavy atom. The molecule has 0 fully saturated rings. The van der Waals surface area contributed by atoms with Crippen molar-refractivity contribution in [2.45, 2.75) is 32.7 Å². The second-order valence-corrected chi connectivity index (χ2v) is 4.04. The summed E-state index contributed by atoms with van der Waals surface area (Å²) in [5.41, 5.74) is 6.78. The van der Waals surface area contributed by atoms with Gasteiger partial charge >= 0.3 is 0 Å². The molecule has 0 saturated carbocycles. The number of aryl methyl sites for hydroxylation is 1. The lowest BCUT2D eigenvalue weighted by Crippen LogP contribution is -2.47. The summed E-state index contributed by atoms with van der Waals surface area (Å²) in [6, 6.07) is 7.90. The highest BCUT2D eigenvalue weighted by molar-refractivity contribution is 5.87. The normalized spacial score (nSPS) is 14.3. The van der Waals surface area contributed by atoms with Crippen LogP contribution in [-0.4, -0.2) is 11.4 Å². The summed E-state index contributed by atoms with van der Waals surface area (Å²) in [5, 5.41) is 3.17. The SMILES string of the molecule is CCC(C)(Nc1cccc(C)c1)C(N)=O. The van der Waals surface area contributed by atoms with E-state index in [1.165, 1.54) is 0 Å². The first-order valence-electron chi connectivity index (χ1n) is 5.12. The maximum atomic E-state index is 11.3. The molecule has 0 spiro atoms. The number of carbonyl (C=O) groups excluding carboxylic acids is 1. The zero-order valence-electron chi connectivity index (χ0n) is 9.50. The summed E-state index contributed by atoms with van der Waals surface area (Å²) in [6.07, 6.45) is 0.663. The molecular formula is C12H18N2O. The summed E-state index contributed by atoms with van der Waals surface area (Å²) in [4.78, 5) is 11.3. The molecule has 0 aliphatic carbocycles. The minimum Gasteiger partial charge on any atom is -0.371 e. The molecule has 82 valence electrons. The third-order valence-corrected chi connectivity index (χ3v) is 2.69. The van der Waals surface area contributed by atoms with Gasteiger partial charge in [-0.05, 0) is 38.0 Å². The maximum Gasteiger partial charge on any atom is 0.242 e. The maximum absolute atomic E-state index is 11.3. The molecular weight excluding hydrogens is 188 g/mol. The van der Waals surface area contributed by atoms with Gasteiger partial charge in [-0.3, -0.25) is 4.79 Å². The zero-order chi connectivity index (χ0) is 11.5. The second-order valence-electron chi connectivity index (χ2n) is 4.04. The number of anilines is 1. The predicted octanol–water partition coefficient (Wildman–Crippen LogP) is 2.06. The highest BCUT2D eigenvalue weighted by Crippen LogP contribution is 2.18. The number of nitrogens with two attached hydrogens (primary N) is 1. The molecule has 1 aromatic rings. The quantitative estimate of drug-likeness (QED) is 0.792. The average Bonchev–Trinajstić information content (AvgIpc) is 2.17. The molecule has 0 aromatic heterocycles. The van der Waals surface area contributed by atoms with E-state index in [4.69, 9.17) is 5.73 Å². The van der Waals surface area contributed by atoms with Gasteiger partial charge in [0.1, 0.15) is 5.54 Å². The van der Waals surface area contributed by atoms with E-state index in [-0.39, 0.29) is 5.91 Å². The highest BCUT2D eigenvalue weighted by Gasteiger charge is 2.28. The fourth-order valence-electron chi connectivity index (χ4n) is 1.37. The van der Waals surface area contributed by atoms with Gasteiger partial charge in [-0.1, -0.05) is 19.1 Å². The molecule has 1 rings (SSSR count). The van der Waals surface area contributed by atoms with Gasteiger partial charge in [-0.25, -0.2) is 0 Å². The van der Waals surface area contributed by atoms with Crippen LogP contribution in [0.5, 0.6) is 0 Å².